The van der Waals surface area contributed by atoms with E-state index in [4.69, 9.17) is 33.7 Å². The Hall–Kier alpha value is -0.500. The van der Waals surface area contributed by atoms with E-state index in [1.165, 1.54) is 0 Å². The van der Waals surface area contributed by atoms with E-state index in [0.717, 1.165) is 22.4 Å². The van der Waals surface area contributed by atoms with Crippen LogP contribution in [-0.4, -0.2) is 40.2 Å². The smallest absolute Gasteiger partial charge is 0.119 e. The number of rotatable bonds is 6. The van der Waals surface area contributed by atoms with Gasteiger partial charge in [0.15, 0.2) is 0 Å². The number of benzene rings is 2. The second-order valence-corrected chi connectivity index (χ2v) is 9.05. The molecule has 1 N–H and O–H groups in total. The van der Waals surface area contributed by atoms with Crippen LogP contribution in [0.15, 0.2) is 42.5 Å². The van der Waals surface area contributed by atoms with E-state index in [9.17, 15) is 5.11 Å². The molecule has 28 heavy (non-hydrogen) atoms. The molecule has 0 aromatic heterocycles. The van der Waals surface area contributed by atoms with Crippen molar-refractivity contribution in [1.29, 1.82) is 0 Å². The van der Waals surface area contributed by atoms with Gasteiger partial charge in [-0.3, -0.25) is 0 Å². The van der Waals surface area contributed by atoms with Crippen LogP contribution < -0.4 is 4.74 Å². The Balaban J connectivity index is 1.82. The third-order valence-electron chi connectivity index (χ3n) is 4.92. The van der Waals surface area contributed by atoms with Gasteiger partial charge in [0.25, 0.3) is 0 Å². The van der Waals surface area contributed by atoms with E-state index in [1.54, 1.807) is 0 Å². The van der Waals surface area contributed by atoms with Crippen LogP contribution in [0.25, 0.3) is 0 Å². The van der Waals surface area contributed by atoms with Gasteiger partial charge in [0.1, 0.15) is 5.75 Å². The lowest BCUT2D eigenvalue weighted by Gasteiger charge is -2.41. The van der Waals surface area contributed by atoms with E-state index in [1.807, 2.05) is 43.3 Å². The highest BCUT2D eigenvalue weighted by atomic mass is 35.5. The zero-order valence-electron chi connectivity index (χ0n) is 15.5. The van der Waals surface area contributed by atoms with Gasteiger partial charge in [-0.15, -0.1) is 0 Å². The first-order chi connectivity index (χ1) is 13.4. The summed E-state index contributed by atoms with van der Waals surface area (Å²) in [6.07, 6.45) is 0.0265. The molecule has 1 aliphatic rings. The first-order valence-corrected chi connectivity index (χ1v) is 11.2. The van der Waals surface area contributed by atoms with Crippen LogP contribution in [0.1, 0.15) is 29.7 Å². The summed E-state index contributed by atoms with van der Waals surface area (Å²) in [6, 6.07) is 13.9. The number of ether oxygens (including phenoxy) is 2. The topological polar surface area (TPSA) is 38.7 Å². The normalized spacial score (nSPS) is 27.6. The Morgan fingerprint density at radius 1 is 1.04 bits per heavy atom. The van der Waals surface area contributed by atoms with Gasteiger partial charge in [-0.05, 0) is 48.2 Å². The fourth-order valence-electron chi connectivity index (χ4n) is 3.37. The van der Waals surface area contributed by atoms with Crippen molar-refractivity contribution in [3.63, 3.8) is 0 Å². The molecule has 0 unspecified atom stereocenters. The van der Waals surface area contributed by atoms with Crippen LogP contribution >= 0.6 is 49.5 Å². The summed E-state index contributed by atoms with van der Waals surface area (Å²) in [5.74, 6) is 0.857. The lowest BCUT2D eigenvalue weighted by Crippen LogP contribution is -2.48. The van der Waals surface area contributed by atoms with Gasteiger partial charge in [-0.1, -0.05) is 35.9 Å². The predicted octanol–water partition coefficient (Wildman–Crippen LogP) is 4.66. The molecule has 1 saturated heterocycles. The van der Waals surface area contributed by atoms with Crippen LogP contribution in [0.4, 0.5) is 0 Å². The predicted molar refractivity (Wildman–Crippen MR) is 125 cm³/mol. The third kappa shape index (κ3) is 4.97. The van der Waals surface area contributed by atoms with Gasteiger partial charge in [0.05, 0.1) is 25.4 Å². The molecule has 1 aliphatic heterocycles. The molecule has 2 aromatic rings. The van der Waals surface area contributed by atoms with Crippen molar-refractivity contribution in [2.24, 2.45) is 0 Å². The maximum Gasteiger partial charge on any atom is 0.119 e. The van der Waals surface area contributed by atoms with Crippen molar-refractivity contribution in [2.45, 2.75) is 41.3 Å². The fraction of sp³-hybridized carbons (Fsp3) is 0.429. The summed E-state index contributed by atoms with van der Waals surface area (Å²) in [7, 11) is 0. The quantitative estimate of drug-likeness (QED) is 0.478. The molecule has 0 saturated carbocycles. The van der Waals surface area contributed by atoms with Crippen LogP contribution in [0.2, 0.25) is 5.02 Å². The molecule has 0 radical (unpaired) electrons. The monoisotopic (exact) mass is 456 g/mol. The van der Waals surface area contributed by atoms with Gasteiger partial charge < -0.3 is 14.6 Å². The van der Waals surface area contributed by atoms with Crippen LogP contribution in [0.5, 0.6) is 5.75 Å². The summed E-state index contributed by atoms with van der Waals surface area (Å²) in [5.41, 5.74) is 3.13. The van der Waals surface area contributed by atoms with Crippen molar-refractivity contribution >= 4 is 49.5 Å². The van der Waals surface area contributed by atoms with Crippen LogP contribution in [0, 0.1) is 0 Å². The highest BCUT2D eigenvalue weighted by Crippen LogP contribution is 2.40. The van der Waals surface area contributed by atoms with Crippen molar-refractivity contribution in [2.75, 3.05) is 13.2 Å². The van der Waals surface area contributed by atoms with Gasteiger partial charge in [-0.2, -0.15) is 37.9 Å². The largest absolute Gasteiger partial charge is 0.494 e. The Morgan fingerprint density at radius 2 is 1.75 bits per heavy atom. The summed E-state index contributed by atoms with van der Waals surface area (Å²) in [6.45, 7) is 2.51. The molecule has 1 fully saturated rings. The Labute approximate surface area is 188 Å². The van der Waals surface area contributed by atoms with Gasteiger partial charge in [0.2, 0.25) is 0 Å². The summed E-state index contributed by atoms with van der Waals surface area (Å²) >= 11 is 20.3. The Bertz CT molecular complexity index is 785. The van der Waals surface area contributed by atoms with E-state index < -0.39 is 0 Å². The maximum absolute atomic E-state index is 9.62. The molecule has 0 bridgehead atoms. The minimum Gasteiger partial charge on any atom is -0.494 e. The third-order valence-corrected chi connectivity index (χ3v) is 7.65. The summed E-state index contributed by atoms with van der Waals surface area (Å²) in [4.78, 5) is 0. The highest BCUT2D eigenvalue weighted by molar-refractivity contribution is 7.87. The molecule has 0 aliphatic carbocycles. The first kappa shape index (κ1) is 22.2. The Morgan fingerprint density at radius 3 is 2.39 bits per heavy atom. The first-order valence-electron chi connectivity index (χ1n) is 9.25. The number of halogens is 1. The fourth-order valence-corrected chi connectivity index (χ4v) is 4.82. The van der Waals surface area contributed by atoms with Crippen molar-refractivity contribution in [3.05, 3.63) is 64.2 Å². The van der Waals surface area contributed by atoms with Crippen LogP contribution in [-0.2, 0) is 11.2 Å². The zero-order valence-corrected chi connectivity index (χ0v) is 19.0. The van der Waals surface area contributed by atoms with Crippen molar-refractivity contribution < 1.29 is 14.6 Å². The minimum atomic E-state index is -0.385. The van der Waals surface area contributed by atoms with Crippen molar-refractivity contribution in [1.82, 2.24) is 0 Å². The van der Waals surface area contributed by atoms with E-state index in [-0.39, 0.29) is 34.6 Å². The molecule has 3 nitrogen and oxygen atoms in total. The molecular formula is C21H25ClO3S3. The summed E-state index contributed by atoms with van der Waals surface area (Å²) < 4.78 is 11.6. The lowest BCUT2D eigenvalue weighted by atomic mass is 9.94. The Kier molecular flexibility index (Phi) is 7.93. The highest BCUT2D eigenvalue weighted by Gasteiger charge is 2.41. The standard InChI is InChI=1S/C21H25ClO3S3/c1-2-24-15-6-3-12(4-7-15)9-14-10-13(5-8-16(14)22)18-20(27)21(28)19(26)17(11-23)25-18/h3-8,10,17-21,23,26-28H,2,9,11H2,1H3/t17-,18+,19+,20-,21+/m1/s1. The molecule has 0 spiro atoms. The van der Waals surface area contributed by atoms with Gasteiger partial charge >= 0.3 is 0 Å². The van der Waals surface area contributed by atoms with Crippen molar-refractivity contribution in [3.8, 4) is 5.75 Å². The molecule has 3 rings (SSSR count). The second-order valence-electron chi connectivity index (χ2n) is 6.85. The van der Waals surface area contributed by atoms with Crippen LogP contribution in [0.3, 0.4) is 0 Å². The number of thiol groups is 3. The summed E-state index contributed by atoms with van der Waals surface area (Å²) in [5, 5.41) is 9.90. The number of hydrogen-bond acceptors (Lipinski definition) is 6. The molecule has 1 heterocycles. The molecule has 5 atom stereocenters. The van der Waals surface area contributed by atoms with Gasteiger partial charge in [0, 0.05) is 20.8 Å². The number of aliphatic hydroxyl groups excluding tert-OH is 1. The minimum absolute atomic E-state index is 0.102. The SMILES string of the molecule is CCOc1ccc(Cc2cc([C@@H]3O[C@H](CO)[C@H](S)[C@H](S)[C@@H]3S)ccc2Cl)cc1. The molecular weight excluding hydrogens is 432 g/mol. The molecule has 152 valence electrons. The zero-order chi connectivity index (χ0) is 20.3. The average molecular weight is 457 g/mol. The molecule has 2 aromatic carbocycles. The molecule has 7 heteroatoms. The number of aliphatic hydroxyl groups is 1. The van der Waals surface area contributed by atoms with E-state index in [0.29, 0.717) is 18.1 Å². The average Bonchev–Trinajstić information content (AvgIpc) is 2.70. The van der Waals surface area contributed by atoms with E-state index in [2.05, 4.69) is 31.3 Å². The second kappa shape index (κ2) is 10.0. The van der Waals surface area contributed by atoms with Gasteiger partial charge in [-0.25, -0.2) is 0 Å². The molecule has 0 amide bonds. The maximum atomic E-state index is 9.62. The number of hydrogen-bond donors (Lipinski definition) is 4. The lowest BCUT2D eigenvalue weighted by molar-refractivity contribution is -0.0628. The van der Waals surface area contributed by atoms with E-state index >= 15 is 0 Å².